The Balaban J connectivity index is 1.85. The first-order valence-electron chi connectivity index (χ1n) is 7.25. The van der Waals surface area contributed by atoms with Gasteiger partial charge in [0.15, 0.2) is 0 Å². The van der Waals surface area contributed by atoms with E-state index in [-0.39, 0.29) is 12.1 Å². The van der Waals surface area contributed by atoms with Crippen LogP contribution in [0.25, 0.3) is 0 Å². The zero-order valence-corrected chi connectivity index (χ0v) is 12.5. The van der Waals surface area contributed by atoms with Crippen LogP contribution in [0.5, 0.6) is 0 Å². The van der Waals surface area contributed by atoms with Gasteiger partial charge in [-0.15, -0.1) is 0 Å². The third kappa shape index (κ3) is 2.21. The molecule has 1 saturated carbocycles. The van der Waals surface area contributed by atoms with E-state index < -0.39 is 5.54 Å². The van der Waals surface area contributed by atoms with Gasteiger partial charge >= 0.3 is 0 Å². The van der Waals surface area contributed by atoms with Crippen molar-refractivity contribution in [1.29, 1.82) is 0 Å². The lowest BCUT2D eigenvalue weighted by Crippen LogP contribution is -2.43. The van der Waals surface area contributed by atoms with Crippen molar-refractivity contribution in [2.24, 2.45) is 5.92 Å². The van der Waals surface area contributed by atoms with E-state index in [1.807, 2.05) is 6.92 Å². The minimum atomic E-state index is -0.393. The van der Waals surface area contributed by atoms with Crippen LogP contribution >= 0.6 is 11.3 Å². The summed E-state index contributed by atoms with van der Waals surface area (Å²) in [4.78, 5) is 14.8. The molecule has 19 heavy (non-hydrogen) atoms. The summed E-state index contributed by atoms with van der Waals surface area (Å²) in [6.45, 7) is 5.04. The Bertz CT molecular complexity index is 455. The minimum Gasteiger partial charge on any atom is -0.321 e. The summed E-state index contributed by atoms with van der Waals surface area (Å²) in [5, 5.41) is 7.80. The number of hydrogen-bond acceptors (Lipinski definition) is 3. The van der Waals surface area contributed by atoms with Crippen LogP contribution in [0.15, 0.2) is 16.8 Å². The van der Waals surface area contributed by atoms with Crippen molar-refractivity contribution in [3.05, 3.63) is 22.4 Å². The van der Waals surface area contributed by atoms with Crippen LogP contribution in [0.4, 0.5) is 0 Å². The topological polar surface area (TPSA) is 32.3 Å². The molecule has 3 nitrogen and oxygen atoms in total. The summed E-state index contributed by atoms with van der Waals surface area (Å²) < 4.78 is 0. The third-order valence-electron chi connectivity index (χ3n) is 4.75. The normalized spacial score (nSPS) is 31.8. The molecule has 2 atom stereocenters. The largest absolute Gasteiger partial charge is 0.321 e. The molecule has 1 aliphatic carbocycles. The van der Waals surface area contributed by atoms with Crippen LogP contribution in [0, 0.1) is 5.92 Å². The van der Waals surface area contributed by atoms with Crippen molar-refractivity contribution in [3.63, 3.8) is 0 Å². The monoisotopic (exact) mass is 278 g/mol. The zero-order chi connectivity index (χ0) is 13.5. The van der Waals surface area contributed by atoms with Crippen molar-refractivity contribution in [2.45, 2.75) is 51.2 Å². The number of carbonyl (C=O) groups is 1. The van der Waals surface area contributed by atoms with Crippen LogP contribution < -0.4 is 5.32 Å². The number of thiophene rings is 1. The molecule has 1 aliphatic heterocycles. The molecular formula is C15H22N2OS. The maximum absolute atomic E-state index is 12.7. The van der Waals surface area contributed by atoms with Crippen molar-refractivity contribution in [1.82, 2.24) is 10.2 Å². The Morgan fingerprint density at radius 3 is 2.84 bits per heavy atom. The van der Waals surface area contributed by atoms with Crippen LogP contribution in [0.3, 0.4) is 0 Å². The summed E-state index contributed by atoms with van der Waals surface area (Å²) in [5.41, 5.74) is 0.839. The Morgan fingerprint density at radius 2 is 2.32 bits per heavy atom. The first-order valence-corrected chi connectivity index (χ1v) is 8.19. The lowest BCUT2D eigenvalue weighted by atomic mass is 9.85. The maximum Gasteiger partial charge on any atom is 0.244 e. The Labute approximate surface area is 119 Å². The number of nitrogens with zero attached hydrogens (tertiary/aromatic N) is 1. The summed E-state index contributed by atoms with van der Waals surface area (Å²) in [5.74, 6) is 0.990. The third-order valence-corrected chi connectivity index (χ3v) is 5.45. The minimum absolute atomic E-state index is 0.0734. The second-order valence-corrected chi connectivity index (χ2v) is 6.82. The zero-order valence-electron chi connectivity index (χ0n) is 11.7. The van der Waals surface area contributed by atoms with Crippen molar-refractivity contribution < 1.29 is 4.79 Å². The van der Waals surface area contributed by atoms with Gasteiger partial charge in [-0.2, -0.15) is 11.3 Å². The molecule has 3 rings (SSSR count). The van der Waals surface area contributed by atoms with E-state index in [0.29, 0.717) is 5.92 Å². The molecular weight excluding hydrogens is 256 g/mol. The highest BCUT2D eigenvalue weighted by Crippen LogP contribution is 2.37. The van der Waals surface area contributed by atoms with Crippen molar-refractivity contribution in [2.75, 3.05) is 6.54 Å². The van der Waals surface area contributed by atoms with Crippen LogP contribution in [0.1, 0.15) is 51.3 Å². The van der Waals surface area contributed by atoms with Crippen LogP contribution in [0.2, 0.25) is 0 Å². The van der Waals surface area contributed by atoms with E-state index in [0.717, 1.165) is 13.0 Å². The molecule has 2 unspecified atom stereocenters. The Kier molecular flexibility index (Phi) is 3.39. The van der Waals surface area contributed by atoms with E-state index >= 15 is 0 Å². The molecule has 104 valence electrons. The fraction of sp³-hybridized carbons (Fsp3) is 0.667. The van der Waals surface area contributed by atoms with Crippen molar-refractivity contribution >= 4 is 17.2 Å². The molecule has 4 heteroatoms. The first-order chi connectivity index (χ1) is 9.14. The van der Waals surface area contributed by atoms with Gasteiger partial charge < -0.3 is 4.90 Å². The first kappa shape index (κ1) is 13.1. The summed E-state index contributed by atoms with van der Waals surface area (Å²) in [6, 6.07) is 2.13. The summed E-state index contributed by atoms with van der Waals surface area (Å²) in [6.07, 6.45) is 4.80. The molecule has 0 spiro atoms. The molecule has 2 aliphatic rings. The van der Waals surface area contributed by atoms with E-state index in [1.54, 1.807) is 11.3 Å². The fourth-order valence-corrected chi connectivity index (χ4v) is 3.64. The number of carbonyl (C=O) groups excluding carboxylic acids is 1. The molecule has 2 fully saturated rings. The maximum atomic E-state index is 12.7. The molecule has 2 heterocycles. The van der Waals surface area contributed by atoms with Gasteiger partial charge in [-0.25, -0.2) is 0 Å². The smallest absolute Gasteiger partial charge is 0.244 e. The van der Waals surface area contributed by atoms with Crippen LogP contribution in [-0.4, -0.2) is 22.9 Å². The standard InChI is InChI=1S/C15H22N2OS/c1-3-15(2)14(18)17(9-11-5-4-6-11)13(16-15)12-7-8-19-10-12/h7-8,10-11,13,16H,3-6,9H2,1-2H3. The molecule has 1 saturated heterocycles. The predicted molar refractivity (Wildman–Crippen MR) is 77.9 cm³/mol. The van der Waals surface area contributed by atoms with Gasteiger partial charge in [-0.05, 0) is 54.5 Å². The van der Waals surface area contributed by atoms with Gasteiger partial charge in [0.05, 0.1) is 5.54 Å². The number of rotatable bonds is 4. The number of hydrogen-bond donors (Lipinski definition) is 1. The number of amides is 1. The quantitative estimate of drug-likeness (QED) is 0.917. The molecule has 1 amide bonds. The van der Waals surface area contributed by atoms with Gasteiger partial charge in [-0.1, -0.05) is 13.3 Å². The summed E-state index contributed by atoms with van der Waals surface area (Å²) >= 11 is 1.70. The average Bonchev–Trinajstić information content (AvgIpc) is 2.95. The fourth-order valence-electron chi connectivity index (χ4n) is 2.96. The molecule has 0 aromatic carbocycles. The summed E-state index contributed by atoms with van der Waals surface area (Å²) in [7, 11) is 0. The van der Waals surface area contributed by atoms with Crippen molar-refractivity contribution in [3.8, 4) is 0 Å². The number of nitrogens with one attached hydrogen (secondary N) is 1. The highest BCUT2D eigenvalue weighted by atomic mass is 32.1. The van der Waals surface area contributed by atoms with E-state index in [9.17, 15) is 4.79 Å². The lowest BCUT2D eigenvalue weighted by Gasteiger charge is -2.33. The van der Waals surface area contributed by atoms with E-state index in [4.69, 9.17) is 0 Å². The van der Waals surface area contributed by atoms with E-state index in [2.05, 4.69) is 34.0 Å². The highest BCUT2D eigenvalue weighted by Gasteiger charge is 2.47. The Hall–Kier alpha value is -0.870. The lowest BCUT2D eigenvalue weighted by molar-refractivity contribution is -0.134. The predicted octanol–water partition coefficient (Wildman–Crippen LogP) is 3.15. The van der Waals surface area contributed by atoms with Gasteiger partial charge in [-0.3, -0.25) is 10.1 Å². The second kappa shape index (κ2) is 4.91. The van der Waals surface area contributed by atoms with Gasteiger partial charge in [0.1, 0.15) is 6.17 Å². The average molecular weight is 278 g/mol. The molecule has 1 N–H and O–H groups in total. The molecule has 0 radical (unpaired) electrons. The Morgan fingerprint density at radius 1 is 1.53 bits per heavy atom. The van der Waals surface area contributed by atoms with E-state index in [1.165, 1.54) is 24.8 Å². The van der Waals surface area contributed by atoms with Gasteiger partial charge in [0.2, 0.25) is 5.91 Å². The van der Waals surface area contributed by atoms with Gasteiger partial charge in [0.25, 0.3) is 0 Å². The highest BCUT2D eigenvalue weighted by molar-refractivity contribution is 7.07. The van der Waals surface area contributed by atoms with Gasteiger partial charge in [0, 0.05) is 6.54 Å². The molecule has 0 bridgehead atoms. The van der Waals surface area contributed by atoms with Crippen LogP contribution in [-0.2, 0) is 4.79 Å². The second-order valence-electron chi connectivity index (χ2n) is 6.04. The SMILES string of the molecule is CCC1(C)NC(c2ccsc2)N(CC2CCC2)C1=O. The molecule has 1 aromatic heterocycles. The molecule has 1 aromatic rings.